The standard InChI is InChI=1S/C13H9BrN4O/c14-9-4-3-8(7-15)11(6-9)18-13(19)10-2-1-5-17-12(10)16/h1-6H,(H2,16,17)(H,18,19). The van der Waals surface area contributed by atoms with Crippen LogP contribution < -0.4 is 11.1 Å². The van der Waals surface area contributed by atoms with E-state index < -0.39 is 5.91 Å². The summed E-state index contributed by atoms with van der Waals surface area (Å²) in [4.78, 5) is 15.9. The fourth-order valence-electron chi connectivity index (χ4n) is 1.52. The molecule has 6 heteroatoms. The molecule has 0 unspecified atom stereocenters. The lowest BCUT2D eigenvalue weighted by molar-refractivity contribution is 0.102. The number of carbonyl (C=O) groups is 1. The smallest absolute Gasteiger partial charge is 0.259 e. The summed E-state index contributed by atoms with van der Waals surface area (Å²) in [5.41, 5.74) is 6.69. The summed E-state index contributed by atoms with van der Waals surface area (Å²) in [6.45, 7) is 0. The third-order valence-corrected chi connectivity index (χ3v) is 2.93. The number of nitrogens with two attached hydrogens (primary N) is 1. The first-order valence-electron chi connectivity index (χ1n) is 5.33. The lowest BCUT2D eigenvalue weighted by atomic mass is 10.1. The number of benzene rings is 1. The van der Waals surface area contributed by atoms with Gasteiger partial charge < -0.3 is 11.1 Å². The van der Waals surface area contributed by atoms with Gasteiger partial charge in [-0.2, -0.15) is 5.26 Å². The minimum absolute atomic E-state index is 0.147. The van der Waals surface area contributed by atoms with E-state index in [4.69, 9.17) is 11.0 Å². The number of aromatic nitrogens is 1. The van der Waals surface area contributed by atoms with Crippen LogP contribution in [0.25, 0.3) is 0 Å². The Bertz CT molecular complexity index is 679. The van der Waals surface area contributed by atoms with Gasteiger partial charge >= 0.3 is 0 Å². The van der Waals surface area contributed by atoms with Gasteiger partial charge in [0.15, 0.2) is 0 Å². The van der Waals surface area contributed by atoms with Crippen molar-refractivity contribution in [3.8, 4) is 6.07 Å². The summed E-state index contributed by atoms with van der Waals surface area (Å²) < 4.78 is 0.765. The lowest BCUT2D eigenvalue weighted by Crippen LogP contribution is -2.15. The van der Waals surface area contributed by atoms with E-state index in [0.29, 0.717) is 11.3 Å². The molecule has 0 radical (unpaired) electrons. The Morgan fingerprint density at radius 3 is 2.89 bits per heavy atom. The molecule has 1 aromatic heterocycles. The first kappa shape index (κ1) is 13.1. The Morgan fingerprint density at radius 2 is 2.21 bits per heavy atom. The minimum Gasteiger partial charge on any atom is -0.383 e. The number of anilines is 2. The zero-order valence-corrected chi connectivity index (χ0v) is 11.3. The monoisotopic (exact) mass is 316 g/mol. The van der Waals surface area contributed by atoms with Crippen molar-refractivity contribution in [1.29, 1.82) is 5.26 Å². The molecule has 1 aromatic carbocycles. The van der Waals surface area contributed by atoms with E-state index in [9.17, 15) is 4.79 Å². The molecule has 0 atom stereocenters. The number of halogens is 1. The van der Waals surface area contributed by atoms with Crippen molar-refractivity contribution in [2.75, 3.05) is 11.1 Å². The Morgan fingerprint density at radius 1 is 1.42 bits per heavy atom. The summed E-state index contributed by atoms with van der Waals surface area (Å²) in [5, 5.41) is 11.6. The fraction of sp³-hybridized carbons (Fsp3) is 0. The summed E-state index contributed by atoms with van der Waals surface area (Å²) in [6, 6.07) is 10.2. The number of nitrogen functional groups attached to an aromatic ring is 1. The number of nitrogens with zero attached hydrogens (tertiary/aromatic N) is 2. The zero-order chi connectivity index (χ0) is 13.8. The third-order valence-electron chi connectivity index (χ3n) is 2.43. The van der Waals surface area contributed by atoms with E-state index in [1.807, 2.05) is 6.07 Å². The molecule has 1 amide bonds. The van der Waals surface area contributed by atoms with E-state index in [1.54, 1.807) is 30.3 Å². The number of hydrogen-bond acceptors (Lipinski definition) is 4. The molecule has 0 bridgehead atoms. The third kappa shape index (κ3) is 2.89. The molecule has 0 fully saturated rings. The van der Waals surface area contributed by atoms with Crippen LogP contribution in [0.2, 0.25) is 0 Å². The second-order valence-electron chi connectivity index (χ2n) is 3.69. The molecule has 0 aliphatic rings. The molecule has 1 heterocycles. The summed E-state index contributed by atoms with van der Waals surface area (Å²) in [5.74, 6) is -0.256. The highest BCUT2D eigenvalue weighted by Gasteiger charge is 2.12. The maximum atomic E-state index is 12.1. The van der Waals surface area contributed by atoms with Crippen LogP contribution in [0.15, 0.2) is 41.0 Å². The number of pyridine rings is 1. The number of hydrogen-bond donors (Lipinski definition) is 2. The van der Waals surface area contributed by atoms with Crippen LogP contribution in [0, 0.1) is 11.3 Å². The second-order valence-corrected chi connectivity index (χ2v) is 4.61. The van der Waals surface area contributed by atoms with Crippen LogP contribution in [0.1, 0.15) is 15.9 Å². The number of nitriles is 1. The molecule has 0 aliphatic heterocycles. The van der Waals surface area contributed by atoms with E-state index >= 15 is 0 Å². The zero-order valence-electron chi connectivity index (χ0n) is 9.72. The molecule has 0 aliphatic carbocycles. The van der Waals surface area contributed by atoms with Gasteiger partial charge in [-0.25, -0.2) is 4.98 Å². The Balaban J connectivity index is 2.32. The highest BCUT2D eigenvalue weighted by atomic mass is 79.9. The molecule has 94 valence electrons. The topological polar surface area (TPSA) is 91.8 Å². The van der Waals surface area contributed by atoms with E-state index in [2.05, 4.69) is 26.2 Å². The van der Waals surface area contributed by atoms with Crippen molar-refractivity contribution in [2.45, 2.75) is 0 Å². The van der Waals surface area contributed by atoms with E-state index in [1.165, 1.54) is 6.20 Å². The van der Waals surface area contributed by atoms with Crippen LogP contribution in [-0.4, -0.2) is 10.9 Å². The van der Waals surface area contributed by atoms with Gasteiger partial charge in [-0.15, -0.1) is 0 Å². The molecule has 0 spiro atoms. The highest BCUT2D eigenvalue weighted by Crippen LogP contribution is 2.22. The Labute approximate surface area is 118 Å². The maximum absolute atomic E-state index is 12.1. The van der Waals surface area contributed by atoms with Gasteiger partial charge in [0.2, 0.25) is 0 Å². The summed E-state index contributed by atoms with van der Waals surface area (Å²) in [7, 11) is 0. The molecular weight excluding hydrogens is 308 g/mol. The van der Waals surface area contributed by atoms with Crippen molar-refractivity contribution in [1.82, 2.24) is 4.98 Å². The van der Waals surface area contributed by atoms with Crippen LogP contribution in [-0.2, 0) is 0 Å². The normalized spacial score (nSPS) is 9.68. The number of rotatable bonds is 2. The predicted molar refractivity (Wildman–Crippen MR) is 75.5 cm³/mol. The molecule has 2 rings (SSSR count). The van der Waals surface area contributed by atoms with E-state index in [0.717, 1.165) is 4.47 Å². The van der Waals surface area contributed by atoms with Crippen LogP contribution in [0.4, 0.5) is 11.5 Å². The van der Waals surface area contributed by atoms with Crippen molar-refractivity contribution in [3.05, 3.63) is 52.1 Å². The average Bonchev–Trinajstić information content (AvgIpc) is 2.39. The molecule has 5 nitrogen and oxygen atoms in total. The van der Waals surface area contributed by atoms with Gasteiger partial charge in [0.25, 0.3) is 5.91 Å². The number of nitrogens with one attached hydrogen (secondary N) is 1. The molecule has 0 saturated heterocycles. The SMILES string of the molecule is N#Cc1ccc(Br)cc1NC(=O)c1cccnc1N. The summed E-state index contributed by atoms with van der Waals surface area (Å²) in [6.07, 6.45) is 1.51. The second kappa shape index (κ2) is 5.50. The molecular formula is C13H9BrN4O. The van der Waals surface area contributed by atoms with Gasteiger partial charge in [-0.3, -0.25) is 4.79 Å². The van der Waals surface area contributed by atoms with Crippen molar-refractivity contribution in [2.24, 2.45) is 0 Å². The Hall–Kier alpha value is -2.39. The summed E-state index contributed by atoms with van der Waals surface area (Å²) >= 11 is 3.29. The number of carbonyl (C=O) groups excluding carboxylic acids is 1. The van der Waals surface area contributed by atoms with Gasteiger partial charge in [-0.1, -0.05) is 15.9 Å². The predicted octanol–water partition coefficient (Wildman–Crippen LogP) is 2.55. The van der Waals surface area contributed by atoms with Crippen molar-refractivity contribution in [3.63, 3.8) is 0 Å². The average molecular weight is 317 g/mol. The van der Waals surface area contributed by atoms with Gasteiger partial charge in [0.05, 0.1) is 16.8 Å². The van der Waals surface area contributed by atoms with Crippen LogP contribution in [0.5, 0.6) is 0 Å². The Kier molecular flexibility index (Phi) is 3.78. The van der Waals surface area contributed by atoms with Gasteiger partial charge in [0.1, 0.15) is 11.9 Å². The first-order chi connectivity index (χ1) is 9.11. The van der Waals surface area contributed by atoms with Crippen LogP contribution >= 0.6 is 15.9 Å². The molecule has 3 N–H and O–H groups in total. The number of amides is 1. The quantitative estimate of drug-likeness (QED) is 0.890. The van der Waals surface area contributed by atoms with Crippen molar-refractivity contribution < 1.29 is 4.79 Å². The lowest BCUT2D eigenvalue weighted by Gasteiger charge is -2.08. The van der Waals surface area contributed by atoms with Crippen LogP contribution in [0.3, 0.4) is 0 Å². The largest absolute Gasteiger partial charge is 0.383 e. The molecule has 0 saturated carbocycles. The fourth-order valence-corrected chi connectivity index (χ4v) is 1.88. The van der Waals surface area contributed by atoms with Gasteiger partial charge in [0, 0.05) is 10.7 Å². The molecule has 2 aromatic rings. The minimum atomic E-state index is -0.403. The molecule has 19 heavy (non-hydrogen) atoms. The maximum Gasteiger partial charge on any atom is 0.259 e. The van der Waals surface area contributed by atoms with E-state index in [-0.39, 0.29) is 11.4 Å². The van der Waals surface area contributed by atoms with Gasteiger partial charge in [-0.05, 0) is 30.3 Å². The highest BCUT2D eigenvalue weighted by molar-refractivity contribution is 9.10. The van der Waals surface area contributed by atoms with Crippen molar-refractivity contribution >= 4 is 33.3 Å². The first-order valence-corrected chi connectivity index (χ1v) is 6.12.